The van der Waals surface area contributed by atoms with Crippen molar-refractivity contribution in [2.24, 2.45) is 0 Å². The summed E-state index contributed by atoms with van der Waals surface area (Å²) in [5.74, 6) is -0.0858. The van der Waals surface area contributed by atoms with Crippen LogP contribution in [0.15, 0.2) is 24.3 Å². The van der Waals surface area contributed by atoms with Gasteiger partial charge in [-0.05, 0) is 12.8 Å². The van der Waals surface area contributed by atoms with Gasteiger partial charge in [0.1, 0.15) is 0 Å². The average molecular weight is 279 g/mol. The van der Waals surface area contributed by atoms with Gasteiger partial charge in [0.05, 0.1) is 11.5 Å². The van der Waals surface area contributed by atoms with Crippen molar-refractivity contribution in [3.8, 4) is 0 Å². The monoisotopic (exact) mass is 279 g/mol. The van der Waals surface area contributed by atoms with Gasteiger partial charge in [-0.15, -0.1) is 0 Å². The number of para-hydroxylation sites is 1. The summed E-state index contributed by atoms with van der Waals surface area (Å²) in [7, 11) is 0. The fourth-order valence-corrected chi connectivity index (χ4v) is 1.92. The molecule has 0 saturated carbocycles. The van der Waals surface area contributed by atoms with Gasteiger partial charge in [-0.3, -0.25) is 14.9 Å². The van der Waals surface area contributed by atoms with Crippen LogP contribution in [0.4, 0.5) is 5.69 Å². The largest absolute Gasteiger partial charge is 0.352 e. The maximum Gasteiger partial charge on any atom is 0.273 e. The van der Waals surface area contributed by atoms with Crippen LogP contribution in [0.3, 0.4) is 0 Å². The Morgan fingerprint density at radius 3 is 2.55 bits per heavy atom. The van der Waals surface area contributed by atoms with E-state index in [2.05, 4.69) is 10.6 Å². The third-order valence-corrected chi connectivity index (χ3v) is 3.14. The summed E-state index contributed by atoms with van der Waals surface area (Å²) >= 11 is 0. The number of nitrogens with one attached hydrogen (secondary N) is 2. The number of benzene rings is 1. The quantitative estimate of drug-likeness (QED) is 0.563. The first-order valence-corrected chi connectivity index (χ1v) is 6.80. The van der Waals surface area contributed by atoms with E-state index in [0.29, 0.717) is 12.1 Å². The average Bonchev–Trinajstić information content (AvgIpc) is 2.45. The number of nitro benzene ring substituents is 1. The molecule has 0 aliphatic heterocycles. The lowest BCUT2D eigenvalue weighted by Gasteiger charge is -2.14. The summed E-state index contributed by atoms with van der Waals surface area (Å²) in [6, 6.07) is 6.70. The lowest BCUT2D eigenvalue weighted by atomic mass is 10.1. The van der Waals surface area contributed by atoms with Crippen LogP contribution < -0.4 is 10.6 Å². The van der Waals surface area contributed by atoms with Gasteiger partial charge in [-0.25, -0.2) is 0 Å². The minimum Gasteiger partial charge on any atom is -0.352 e. The van der Waals surface area contributed by atoms with Gasteiger partial charge in [0.25, 0.3) is 5.69 Å². The molecule has 0 radical (unpaired) electrons. The number of hydrogen-bond donors (Lipinski definition) is 2. The van der Waals surface area contributed by atoms with Crippen molar-refractivity contribution in [2.45, 2.75) is 39.3 Å². The lowest BCUT2D eigenvalue weighted by Crippen LogP contribution is -2.39. The Labute approximate surface area is 118 Å². The second-order valence-electron chi connectivity index (χ2n) is 4.57. The van der Waals surface area contributed by atoms with Crippen molar-refractivity contribution in [2.75, 3.05) is 6.54 Å². The van der Waals surface area contributed by atoms with E-state index in [1.807, 2.05) is 13.8 Å². The number of rotatable bonds is 8. The summed E-state index contributed by atoms with van der Waals surface area (Å²) in [6.07, 6.45) is 1.79. The maximum absolute atomic E-state index is 11.7. The van der Waals surface area contributed by atoms with Crippen LogP contribution in [0.2, 0.25) is 0 Å². The SMILES string of the molecule is CCC(CC)NC(=O)CNCc1ccccc1[N+](=O)[O-]. The summed E-state index contributed by atoms with van der Waals surface area (Å²) in [6.45, 7) is 4.50. The zero-order valence-corrected chi connectivity index (χ0v) is 11.9. The van der Waals surface area contributed by atoms with Crippen LogP contribution in [0, 0.1) is 10.1 Å². The molecule has 1 aromatic carbocycles. The van der Waals surface area contributed by atoms with Crippen LogP contribution in [0.1, 0.15) is 32.3 Å². The van der Waals surface area contributed by atoms with Crippen LogP contribution in [0.5, 0.6) is 0 Å². The molecule has 0 atom stereocenters. The van der Waals surface area contributed by atoms with Crippen molar-refractivity contribution in [3.05, 3.63) is 39.9 Å². The van der Waals surface area contributed by atoms with E-state index < -0.39 is 4.92 Å². The Morgan fingerprint density at radius 2 is 1.95 bits per heavy atom. The fraction of sp³-hybridized carbons (Fsp3) is 0.500. The van der Waals surface area contributed by atoms with E-state index in [-0.39, 0.29) is 24.2 Å². The maximum atomic E-state index is 11.7. The second kappa shape index (κ2) is 8.27. The Bertz CT molecular complexity index is 459. The molecule has 0 fully saturated rings. The predicted octanol–water partition coefficient (Wildman–Crippen LogP) is 1.99. The van der Waals surface area contributed by atoms with E-state index in [0.717, 1.165) is 12.8 Å². The van der Waals surface area contributed by atoms with E-state index >= 15 is 0 Å². The Kier molecular flexibility index (Phi) is 6.66. The zero-order valence-electron chi connectivity index (χ0n) is 11.9. The predicted molar refractivity (Wildman–Crippen MR) is 77.3 cm³/mol. The van der Waals surface area contributed by atoms with Crippen LogP contribution in [-0.4, -0.2) is 23.4 Å². The van der Waals surface area contributed by atoms with Crippen molar-refractivity contribution in [1.29, 1.82) is 0 Å². The molecule has 6 nitrogen and oxygen atoms in total. The van der Waals surface area contributed by atoms with Gasteiger partial charge in [-0.1, -0.05) is 32.0 Å². The Hall–Kier alpha value is -1.95. The zero-order chi connectivity index (χ0) is 15.0. The normalized spacial score (nSPS) is 10.6. The van der Waals surface area contributed by atoms with E-state index in [1.54, 1.807) is 18.2 Å². The van der Waals surface area contributed by atoms with E-state index in [1.165, 1.54) is 6.07 Å². The molecule has 0 spiro atoms. The highest BCUT2D eigenvalue weighted by Crippen LogP contribution is 2.16. The molecule has 1 amide bonds. The van der Waals surface area contributed by atoms with Gasteiger partial charge in [0, 0.05) is 24.2 Å². The summed E-state index contributed by atoms with van der Waals surface area (Å²) in [5.41, 5.74) is 0.647. The number of carbonyl (C=O) groups is 1. The number of nitro groups is 1. The first kappa shape index (κ1) is 16.1. The molecule has 20 heavy (non-hydrogen) atoms. The standard InChI is InChI=1S/C14H21N3O3/c1-3-12(4-2)16-14(18)10-15-9-11-7-5-6-8-13(11)17(19)20/h5-8,12,15H,3-4,9-10H2,1-2H3,(H,16,18). The first-order chi connectivity index (χ1) is 9.58. The molecule has 1 rings (SSSR count). The smallest absolute Gasteiger partial charge is 0.273 e. The van der Waals surface area contributed by atoms with Crippen LogP contribution >= 0.6 is 0 Å². The third-order valence-electron chi connectivity index (χ3n) is 3.14. The summed E-state index contributed by atoms with van der Waals surface area (Å²) in [5, 5.41) is 16.7. The highest BCUT2D eigenvalue weighted by molar-refractivity contribution is 5.78. The molecule has 0 aliphatic rings. The molecular formula is C14H21N3O3. The highest BCUT2D eigenvalue weighted by atomic mass is 16.6. The molecule has 0 heterocycles. The number of amides is 1. The van der Waals surface area contributed by atoms with E-state index in [4.69, 9.17) is 0 Å². The summed E-state index contributed by atoms with van der Waals surface area (Å²) < 4.78 is 0. The third kappa shape index (κ3) is 4.97. The summed E-state index contributed by atoms with van der Waals surface area (Å²) in [4.78, 5) is 22.1. The lowest BCUT2D eigenvalue weighted by molar-refractivity contribution is -0.385. The van der Waals surface area contributed by atoms with Gasteiger partial charge in [0.15, 0.2) is 0 Å². The second-order valence-corrected chi connectivity index (χ2v) is 4.57. The van der Waals surface area contributed by atoms with Crippen molar-refractivity contribution in [1.82, 2.24) is 10.6 Å². The number of hydrogen-bond acceptors (Lipinski definition) is 4. The number of nitrogens with zero attached hydrogens (tertiary/aromatic N) is 1. The van der Waals surface area contributed by atoms with Crippen molar-refractivity contribution >= 4 is 11.6 Å². The fourth-order valence-electron chi connectivity index (χ4n) is 1.92. The Morgan fingerprint density at radius 1 is 1.30 bits per heavy atom. The molecule has 0 aliphatic carbocycles. The topological polar surface area (TPSA) is 84.3 Å². The molecule has 0 aromatic heterocycles. The molecular weight excluding hydrogens is 258 g/mol. The van der Waals surface area contributed by atoms with Gasteiger partial charge in [0.2, 0.25) is 5.91 Å². The van der Waals surface area contributed by atoms with Crippen LogP contribution in [-0.2, 0) is 11.3 Å². The molecule has 0 bridgehead atoms. The molecule has 0 saturated heterocycles. The molecule has 2 N–H and O–H groups in total. The van der Waals surface area contributed by atoms with E-state index in [9.17, 15) is 14.9 Å². The van der Waals surface area contributed by atoms with Crippen molar-refractivity contribution < 1.29 is 9.72 Å². The highest BCUT2D eigenvalue weighted by Gasteiger charge is 2.12. The first-order valence-electron chi connectivity index (χ1n) is 6.80. The molecule has 0 unspecified atom stereocenters. The minimum atomic E-state index is -0.415. The number of carbonyl (C=O) groups excluding carboxylic acids is 1. The van der Waals surface area contributed by atoms with Gasteiger partial charge in [-0.2, -0.15) is 0 Å². The molecule has 6 heteroatoms. The van der Waals surface area contributed by atoms with Gasteiger partial charge >= 0.3 is 0 Å². The van der Waals surface area contributed by atoms with Crippen LogP contribution in [0.25, 0.3) is 0 Å². The van der Waals surface area contributed by atoms with Gasteiger partial charge < -0.3 is 10.6 Å². The minimum absolute atomic E-state index is 0.0698. The Balaban J connectivity index is 2.45. The van der Waals surface area contributed by atoms with Crippen molar-refractivity contribution in [3.63, 3.8) is 0 Å². The molecule has 110 valence electrons. The molecule has 1 aromatic rings.